The summed E-state index contributed by atoms with van der Waals surface area (Å²) >= 11 is 9.35. The summed E-state index contributed by atoms with van der Waals surface area (Å²) in [6.07, 6.45) is 1.54. The van der Waals surface area contributed by atoms with Crippen molar-refractivity contribution in [3.05, 3.63) is 92.5 Å². The molecule has 1 aliphatic heterocycles. The molecule has 4 amide bonds. The number of nitrogens with one attached hydrogen (secondary N) is 2. The van der Waals surface area contributed by atoms with Crippen LogP contribution >= 0.6 is 27.5 Å². The number of hydrogen-bond donors (Lipinski definition) is 2. The van der Waals surface area contributed by atoms with Crippen LogP contribution < -0.4 is 20.1 Å². The molecular formula is C27H23BrClN3O5. The Labute approximate surface area is 227 Å². The second-order valence-corrected chi connectivity index (χ2v) is 9.53. The summed E-state index contributed by atoms with van der Waals surface area (Å²) in [5.74, 6) is -0.110. The SMILES string of the molecule is COc1cc(/C=C2\NC(=O)N(Cc3ccc(Cl)cc3)C2=O)cc(Br)c1OCC(=O)Nc1ccc(C)cc1. The van der Waals surface area contributed by atoms with Gasteiger partial charge in [0.05, 0.1) is 18.1 Å². The van der Waals surface area contributed by atoms with E-state index in [1.807, 2.05) is 31.2 Å². The quantitative estimate of drug-likeness (QED) is 0.268. The molecule has 0 aliphatic carbocycles. The molecule has 8 nitrogen and oxygen atoms in total. The van der Waals surface area contributed by atoms with Gasteiger partial charge in [0.1, 0.15) is 5.70 Å². The Morgan fingerprint density at radius 2 is 1.81 bits per heavy atom. The van der Waals surface area contributed by atoms with Gasteiger partial charge in [-0.25, -0.2) is 4.79 Å². The van der Waals surface area contributed by atoms with Crippen LogP contribution in [0.4, 0.5) is 10.5 Å². The second-order valence-electron chi connectivity index (χ2n) is 8.24. The molecule has 3 aromatic rings. The Morgan fingerprint density at radius 3 is 2.49 bits per heavy atom. The first-order chi connectivity index (χ1) is 17.7. The number of methoxy groups -OCH3 is 1. The first-order valence-corrected chi connectivity index (χ1v) is 12.4. The van der Waals surface area contributed by atoms with Crippen molar-refractivity contribution in [1.29, 1.82) is 0 Å². The number of rotatable bonds is 8. The minimum Gasteiger partial charge on any atom is -0.493 e. The van der Waals surface area contributed by atoms with Gasteiger partial charge in [-0.15, -0.1) is 0 Å². The van der Waals surface area contributed by atoms with Crippen molar-refractivity contribution in [3.8, 4) is 11.5 Å². The zero-order valence-electron chi connectivity index (χ0n) is 20.0. The van der Waals surface area contributed by atoms with Gasteiger partial charge in [-0.1, -0.05) is 41.4 Å². The molecule has 0 spiro atoms. The third kappa shape index (κ3) is 6.49. The van der Waals surface area contributed by atoms with Crippen LogP contribution in [0.25, 0.3) is 6.08 Å². The predicted octanol–water partition coefficient (Wildman–Crippen LogP) is 5.53. The number of anilines is 1. The summed E-state index contributed by atoms with van der Waals surface area (Å²) < 4.78 is 11.7. The average Bonchev–Trinajstić information content (AvgIpc) is 3.13. The van der Waals surface area contributed by atoms with Gasteiger partial charge in [0, 0.05) is 10.7 Å². The van der Waals surface area contributed by atoms with E-state index in [0.717, 1.165) is 16.0 Å². The number of hydrogen-bond acceptors (Lipinski definition) is 5. The van der Waals surface area contributed by atoms with E-state index in [4.69, 9.17) is 21.1 Å². The summed E-state index contributed by atoms with van der Waals surface area (Å²) in [5.41, 5.74) is 3.23. The second kappa shape index (κ2) is 11.5. The van der Waals surface area contributed by atoms with Crippen LogP contribution in [0.2, 0.25) is 5.02 Å². The van der Waals surface area contributed by atoms with E-state index >= 15 is 0 Å². The maximum absolute atomic E-state index is 12.9. The van der Waals surface area contributed by atoms with Crippen LogP contribution in [0.3, 0.4) is 0 Å². The number of halogens is 2. The molecule has 0 unspecified atom stereocenters. The Morgan fingerprint density at radius 1 is 1.11 bits per heavy atom. The lowest BCUT2D eigenvalue weighted by atomic mass is 10.1. The largest absolute Gasteiger partial charge is 0.493 e. The lowest BCUT2D eigenvalue weighted by molar-refractivity contribution is -0.123. The molecule has 37 heavy (non-hydrogen) atoms. The molecule has 2 N–H and O–H groups in total. The molecule has 1 heterocycles. The van der Waals surface area contributed by atoms with E-state index in [1.165, 1.54) is 7.11 Å². The summed E-state index contributed by atoms with van der Waals surface area (Å²) in [6, 6.07) is 17.2. The highest BCUT2D eigenvalue weighted by atomic mass is 79.9. The molecule has 0 atom stereocenters. The standard InChI is InChI=1S/C27H23BrClN3O5/c1-16-3-9-20(10-4-16)30-24(33)15-37-25-21(28)11-18(13-23(25)36-2)12-22-26(34)32(27(35)31-22)14-17-5-7-19(29)8-6-17/h3-13H,14-15H2,1-2H3,(H,30,33)(H,31,35)/b22-12-. The van der Waals surface area contributed by atoms with Gasteiger partial charge in [-0.2, -0.15) is 0 Å². The number of nitrogens with zero attached hydrogens (tertiary/aromatic N) is 1. The van der Waals surface area contributed by atoms with E-state index in [-0.39, 0.29) is 24.8 Å². The minimum atomic E-state index is -0.517. The molecule has 10 heteroatoms. The summed E-state index contributed by atoms with van der Waals surface area (Å²) in [4.78, 5) is 38.8. The van der Waals surface area contributed by atoms with E-state index in [1.54, 1.807) is 42.5 Å². The Balaban J connectivity index is 1.45. The molecular weight excluding hydrogens is 562 g/mol. The molecule has 0 bridgehead atoms. The number of amides is 4. The van der Waals surface area contributed by atoms with Crippen LogP contribution in [0.1, 0.15) is 16.7 Å². The molecule has 0 aromatic heterocycles. The third-order valence-corrected chi connectivity index (χ3v) is 6.30. The summed E-state index contributed by atoms with van der Waals surface area (Å²) in [5, 5.41) is 5.94. The lowest BCUT2D eigenvalue weighted by Crippen LogP contribution is -2.30. The van der Waals surface area contributed by atoms with Gasteiger partial charge in [-0.05, 0) is 76.5 Å². The van der Waals surface area contributed by atoms with Crippen molar-refractivity contribution in [2.75, 3.05) is 19.0 Å². The van der Waals surface area contributed by atoms with Crippen molar-refractivity contribution in [3.63, 3.8) is 0 Å². The number of benzene rings is 3. The number of ether oxygens (including phenoxy) is 2. The van der Waals surface area contributed by atoms with Crippen LogP contribution in [-0.4, -0.2) is 36.5 Å². The van der Waals surface area contributed by atoms with E-state index in [0.29, 0.717) is 32.2 Å². The first-order valence-electron chi connectivity index (χ1n) is 11.2. The number of urea groups is 1. The highest BCUT2D eigenvalue weighted by Crippen LogP contribution is 2.37. The molecule has 3 aromatic carbocycles. The maximum atomic E-state index is 12.9. The van der Waals surface area contributed by atoms with Crippen molar-refractivity contribution in [2.45, 2.75) is 13.5 Å². The van der Waals surface area contributed by atoms with Gasteiger partial charge in [-0.3, -0.25) is 14.5 Å². The van der Waals surface area contributed by atoms with Crippen LogP contribution in [0.5, 0.6) is 11.5 Å². The number of carbonyl (C=O) groups is 3. The molecule has 0 saturated carbocycles. The highest BCUT2D eigenvalue weighted by molar-refractivity contribution is 9.10. The van der Waals surface area contributed by atoms with Crippen LogP contribution in [-0.2, 0) is 16.1 Å². The van der Waals surface area contributed by atoms with Crippen LogP contribution in [0.15, 0.2) is 70.8 Å². The van der Waals surface area contributed by atoms with E-state index < -0.39 is 11.9 Å². The zero-order chi connectivity index (χ0) is 26.5. The van der Waals surface area contributed by atoms with Crippen molar-refractivity contribution in [2.24, 2.45) is 0 Å². The Hall–Kier alpha value is -3.82. The molecule has 4 rings (SSSR count). The van der Waals surface area contributed by atoms with E-state index in [9.17, 15) is 14.4 Å². The Kier molecular flexibility index (Phi) is 8.15. The van der Waals surface area contributed by atoms with Gasteiger partial charge in [0.25, 0.3) is 11.8 Å². The molecule has 1 fully saturated rings. The monoisotopic (exact) mass is 583 g/mol. The predicted molar refractivity (Wildman–Crippen MR) is 145 cm³/mol. The van der Waals surface area contributed by atoms with Crippen molar-refractivity contribution < 1.29 is 23.9 Å². The molecule has 0 radical (unpaired) electrons. The normalized spacial score (nSPS) is 14.1. The van der Waals surface area contributed by atoms with Gasteiger partial charge < -0.3 is 20.1 Å². The fraction of sp³-hybridized carbons (Fsp3) is 0.148. The maximum Gasteiger partial charge on any atom is 0.329 e. The molecule has 1 saturated heterocycles. The van der Waals surface area contributed by atoms with Crippen LogP contribution in [0, 0.1) is 6.92 Å². The Bertz CT molecular complexity index is 1370. The van der Waals surface area contributed by atoms with Crippen molar-refractivity contribution >= 4 is 57.1 Å². The molecule has 1 aliphatic rings. The smallest absolute Gasteiger partial charge is 0.329 e. The summed E-state index contributed by atoms with van der Waals surface area (Å²) in [7, 11) is 1.47. The van der Waals surface area contributed by atoms with Crippen molar-refractivity contribution in [1.82, 2.24) is 10.2 Å². The molecule has 190 valence electrons. The van der Waals surface area contributed by atoms with Gasteiger partial charge >= 0.3 is 6.03 Å². The van der Waals surface area contributed by atoms with E-state index in [2.05, 4.69) is 26.6 Å². The zero-order valence-corrected chi connectivity index (χ0v) is 22.4. The average molecular weight is 585 g/mol. The topological polar surface area (TPSA) is 97.0 Å². The number of carbonyl (C=O) groups excluding carboxylic acids is 3. The van der Waals surface area contributed by atoms with Gasteiger partial charge in [0.15, 0.2) is 18.1 Å². The third-order valence-electron chi connectivity index (χ3n) is 5.46. The summed E-state index contributed by atoms with van der Waals surface area (Å²) in [6.45, 7) is 1.84. The highest BCUT2D eigenvalue weighted by Gasteiger charge is 2.33. The fourth-order valence-electron chi connectivity index (χ4n) is 3.59. The minimum absolute atomic E-state index is 0.115. The lowest BCUT2D eigenvalue weighted by Gasteiger charge is -2.14. The first kappa shape index (κ1) is 26.2. The number of imide groups is 1. The number of aryl methyl sites for hydroxylation is 1. The fourth-order valence-corrected chi connectivity index (χ4v) is 4.29. The van der Waals surface area contributed by atoms with Gasteiger partial charge in [0.2, 0.25) is 0 Å².